The average molecular weight is 227 g/mol. The molecule has 0 fully saturated rings. The molecule has 0 atom stereocenters. The maximum Gasteiger partial charge on any atom is 0.358 e. The zero-order chi connectivity index (χ0) is 12.0. The molecule has 2 N–H and O–H groups in total. The van der Waals surface area contributed by atoms with Crippen molar-refractivity contribution in [1.29, 1.82) is 0 Å². The highest BCUT2D eigenvalue weighted by atomic mass is 16.4. The van der Waals surface area contributed by atoms with Crippen molar-refractivity contribution in [2.75, 3.05) is 33.7 Å². The monoisotopic (exact) mass is 227 g/mol. The number of carboxylic acid groups (broad SMARTS) is 1. The quantitative estimate of drug-likeness (QED) is 0.589. The summed E-state index contributed by atoms with van der Waals surface area (Å²) in [5.74, 6) is -1.05. The van der Waals surface area contributed by atoms with Crippen molar-refractivity contribution in [3.05, 3.63) is 11.9 Å². The van der Waals surface area contributed by atoms with Gasteiger partial charge < -0.3 is 15.3 Å². The van der Waals surface area contributed by atoms with E-state index >= 15 is 0 Å². The minimum Gasteiger partial charge on any atom is -0.476 e. The molecular weight excluding hydrogens is 210 g/mol. The molecule has 0 saturated heterocycles. The number of aromatic carboxylic acids is 1. The average Bonchev–Trinajstić information content (AvgIpc) is 2.65. The van der Waals surface area contributed by atoms with Crippen LogP contribution in [0.2, 0.25) is 0 Å². The smallest absolute Gasteiger partial charge is 0.358 e. The first-order valence-electron chi connectivity index (χ1n) is 5.08. The molecule has 1 rings (SSSR count). The third-order valence-electron chi connectivity index (χ3n) is 2.01. The van der Waals surface area contributed by atoms with Gasteiger partial charge >= 0.3 is 5.97 Å². The van der Waals surface area contributed by atoms with E-state index in [2.05, 4.69) is 20.5 Å². The molecule has 0 unspecified atom stereocenters. The SMILES string of the molecule is CN(C)CCNCCn1cc(C(=O)O)nn1. The van der Waals surface area contributed by atoms with Gasteiger partial charge in [-0.25, -0.2) is 4.79 Å². The standard InChI is InChI=1S/C9H17N5O2/c1-13(2)5-3-10-4-6-14-7-8(9(15)16)11-12-14/h7,10H,3-6H2,1-2H3,(H,15,16). The first-order chi connectivity index (χ1) is 7.59. The Hall–Kier alpha value is -1.47. The molecule has 1 aromatic heterocycles. The number of rotatable bonds is 7. The summed E-state index contributed by atoms with van der Waals surface area (Å²) < 4.78 is 1.52. The third-order valence-corrected chi connectivity index (χ3v) is 2.01. The first-order valence-corrected chi connectivity index (χ1v) is 5.08. The lowest BCUT2D eigenvalue weighted by molar-refractivity contribution is 0.0690. The molecule has 0 aliphatic rings. The molecule has 0 amide bonds. The number of carbonyl (C=O) groups is 1. The lowest BCUT2D eigenvalue weighted by Gasteiger charge is -2.09. The maximum atomic E-state index is 10.5. The van der Waals surface area contributed by atoms with E-state index < -0.39 is 5.97 Å². The van der Waals surface area contributed by atoms with Crippen LogP contribution in [-0.2, 0) is 6.54 Å². The Morgan fingerprint density at radius 3 is 2.88 bits per heavy atom. The summed E-state index contributed by atoms with van der Waals surface area (Å²) in [5.41, 5.74) is -0.0201. The molecule has 7 nitrogen and oxygen atoms in total. The third kappa shape index (κ3) is 4.37. The summed E-state index contributed by atoms with van der Waals surface area (Å²) in [6.07, 6.45) is 1.43. The van der Waals surface area contributed by atoms with Crippen LogP contribution in [0.25, 0.3) is 0 Å². The van der Waals surface area contributed by atoms with Gasteiger partial charge in [-0.15, -0.1) is 5.10 Å². The van der Waals surface area contributed by atoms with Crippen LogP contribution in [0.5, 0.6) is 0 Å². The van der Waals surface area contributed by atoms with Crippen LogP contribution < -0.4 is 5.32 Å². The molecule has 0 radical (unpaired) electrons. The molecule has 1 heterocycles. The Morgan fingerprint density at radius 1 is 1.56 bits per heavy atom. The molecule has 90 valence electrons. The van der Waals surface area contributed by atoms with Crippen LogP contribution in [0.3, 0.4) is 0 Å². The number of aromatic nitrogens is 3. The summed E-state index contributed by atoms with van der Waals surface area (Å²) >= 11 is 0. The van der Waals surface area contributed by atoms with E-state index in [1.54, 1.807) is 0 Å². The van der Waals surface area contributed by atoms with E-state index in [9.17, 15) is 4.79 Å². The fraction of sp³-hybridized carbons (Fsp3) is 0.667. The van der Waals surface area contributed by atoms with Crippen LogP contribution in [0.4, 0.5) is 0 Å². The van der Waals surface area contributed by atoms with E-state index in [1.165, 1.54) is 10.9 Å². The molecular formula is C9H17N5O2. The Kier molecular flexibility index (Phi) is 4.87. The van der Waals surface area contributed by atoms with Gasteiger partial charge in [-0.3, -0.25) is 4.68 Å². The summed E-state index contributed by atoms with van der Waals surface area (Å²) in [6.45, 7) is 3.23. The van der Waals surface area contributed by atoms with E-state index in [1.807, 2.05) is 14.1 Å². The summed E-state index contributed by atoms with van der Waals surface area (Å²) in [6, 6.07) is 0. The van der Waals surface area contributed by atoms with Crippen LogP contribution in [0, 0.1) is 0 Å². The molecule has 0 aromatic carbocycles. The molecule has 0 saturated carbocycles. The van der Waals surface area contributed by atoms with Crippen molar-refractivity contribution in [3.8, 4) is 0 Å². The molecule has 1 aromatic rings. The number of nitrogens with zero attached hydrogens (tertiary/aromatic N) is 4. The molecule has 0 aliphatic heterocycles. The molecule has 0 aliphatic carbocycles. The molecule has 0 spiro atoms. The van der Waals surface area contributed by atoms with E-state index in [-0.39, 0.29) is 5.69 Å². The van der Waals surface area contributed by atoms with Crippen molar-refractivity contribution in [2.24, 2.45) is 0 Å². The van der Waals surface area contributed by atoms with Crippen LogP contribution in [0.15, 0.2) is 6.20 Å². The van der Waals surface area contributed by atoms with Crippen molar-refractivity contribution < 1.29 is 9.90 Å². The zero-order valence-electron chi connectivity index (χ0n) is 9.55. The van der Waals surface area contributed by atoms with Crippen molar-refractivity contribution in [3.63, 3.8) is 0 Å². The predicted octanol–water partition coefficient (Wildman–Crippen LogP) is -0.872. The van der Waals surface area contributed by atoms with Gasteiger partial charge in [0.1, 0.15) is 0 Å². The number of hydrogen-bond acceptors (Lipinski definition) is 5. The second-order valence-corrected chi connectivity index (χ2v) is 3.73. The van der Waals surface area contributed by atoms with Crippen molar-refractivity contribution in [2.45, 2.75) is 6.54 Å². The summed E-state index contributed by atoms with van der Waals surface area (Å²) in [5, 5.41) is 19.1. The fourth-order valence-electron chi connectivity index (χ4n) is 1.13. The fourth-order valence-corrected chi connectivity index (χ4v) is 1.13. The van der Waals surface area contributed by atoms with Gasteiger partial charge in [0.05, 0.1) is 12.7 Å². The highest BCUT2D eigenvalue weighted by Crippen LogP contribution is 1.91. The zero-order valence-corrected chi connectivity index (χ0v) is 9.55. The Bertz CT molecular complexity index is 336. The van der Waals surface area contributed by atoms with Gasteiger partial charge in [-0.2, -0.15) is 0 Å². The van der Waals surface area contributed by atoms with E-state index in [0.717, 1.165) is 19.6 Å². The van der Waals surface area contributed by atoms with E-state index in [4.69, 9.17) is 5.11 Å². The van der Waals surface area contributed by atoms with Crippen LogP contribution >= 0.6 is 0 Å². The Balaban J connectivity index is 2.19. The Labute approximate surface area is 94.0 Å². The van der Waals surface area contributed by atoms with Gasteiger partial charge in [0, 0.05) is 19.6 Å². The second-order valence-electron chi connectivity index (χ2n) is 3.73. The highest BCUT2D eigenvalue weighted by molar-refractivity contribution is 5.84. The lowest BCUT2D eigenvalue weighted by Crippen LogP contribution is -2.29. The van der Waals surface area contributed by atoms with Crippen LogP contribution in [0.1, 0.15) is 10.5 Å². The van der Waals surface area contributed by atoms with Gasteiger partial charge in [-0.1, -0.05) is 5.21 Å². The predicted molar refractivity (Wildman–Crippen MR) is 58.4 cm³/mol. The summed E-state index contributed by atoms with van der Waals surface area (Å²) in [4.78, 5) is 12.6. The molecule has 7 heteroatoms. The Morgan fingerprint density at radius 2 is 2.31 bits per heavy atom. The number of likely N-dealkylation sites (N-methyl/N-ethyl adjacent to an activating group) is 1. The largest absolute Gasteiger partial charge is 0.476 e. The number of nitrogens with one attached hydrogen (secondary N) is 1. The normalized spacial score (nSPS) is 10.9. The minimum absolute atomic E-state index is 0.0201. The molecule has 16 heavy (non-hydrogen) atoms. The van der Waals surface area contributed by atoms with Crippen LogP contribution in [-0.4, -0.2) is 64.7 Å². The van der Waals surface area contributed by atoms with Gasteiger partial charge in [0.2, 0.25) is 0 Å². The number of hydrogen-bond donors (Lipinski definition) is 2. The van der Waals surface area contributed by atoms with Crippen molar-refractivity contribution >= 4 is 5.97 Å². The van der Waals surface area contributed by atoms with E-state index in [0.29, 0.717) is 6.54 Å². The second kappa shape index (κ2) is 6.19. The number of carboxylic acids is 1. The van der Waals surface area contributed by atoms with Gasteiger partial charge in [0.25, 0.3) is 0 Å². The first kappa shape index (κ1) is 12.6. The summed E-state index contributed by atoms with van der Waals surface area (Å²) in [7, 11) is 4.02. The van der Waals surface area contributed by atoms with Gasteiger partial charge in [-0.05, 0) is 14.1 Å². The van der Waals surface area contributed by atoms with Gasteiger partial charge in [0.15, 0.2) is 5.69 Å². The minimum atomic E-state index is -1.05. The lowest BCUT2D eigenvalue weighted by atomic mass is 10.5. The molecule has 0 bridgehead atoms. The maximum absolute atomic E-state index is 10.5. The van der Waals surface area contributed by atoms with Crippen molar-refractivity contribution in [1.82, 2.24) is 25.2 Å². The topological polar surface area (TPSA) is 83.3 Å². The highest BCUT2D eigenvalue weighted by Gasteiger charge is 2.07.